The molecule has 1 saturated heterocycles. The average Bonchev–Trinajstić information content (AvgIpc) is 2.87. The minimum Gasteiger partial charge on any atom is -0.370 e. The van der Waals surface area contributed by atoms with Crippen LogP contribution in [0.3, 0.4) is 0 Å². The highest BCUT2D eigenvalue weighted by Crippen LogP contribution is 2.37. The molecule has 0 unspecified atom stereocenters. The fourth-order valence-electron chi connectivity index (χ4n) is 4.93. The van der Waals surface area contributed by atoms with Crippen LogP contribution in [0.5, 0.6) is 0 Å². The van der Waals surface area contributed by atoms with Crippen molar-refractivity contribution in [2.45, 2.75) is 42.3 Å². The molecule has 0 saturated carbocycles. The second-order valence-corrected chi connectivity index (χ2v) is 11.8. The van der Waals surface area contributed by atoms with Crippen molar-refractivity contribution in [2.24, 2.45) is 0 Å². The Kier molecular flexibility index (Phi) is 8.38. The van der Waals surface area contributed by atoms with Gasteiger partial charge < -0.3 is 9.80 Å². The summed E-state index contributed by atoms with van der Waals surface area (Å²) in [4.78, 5) is 10.8. The summed E-state index contributed by atoms with van der Waals surface area (Å²) in [6.45, 7) is 1.04. The molecule has 0 amide bonds. The van der Waals surface area contributed by atoms with Gasteiger partial charge in [-0.05, 0) is 69.6 Å². The Hall–Kier alpha value is -2.96. The van der Waals surface area contributed by atoms with Crippen LogP contribution in [-0.4, -0.2) is 56.0 Å². The molecule has 2 aromatic carbocycles. The van der Waals surface area contributed by atoms with Gasteiger partial charge in [0, 0.05) is 30.5 Å². The molecular weight excluding hydrogens is 558 g/mol. The first-order valence-corrected chi connectivity index (χ1v) is 14.0. The molecule has 2 heterocycles. The van der Waals surface area contributed by atoms with Crippen LogP contribution < -0.4 is 9.62 Å². The summed E-state index contributed by atoms with van der Waals surface area (Å²) in [5.41, 5.74) is -0.0839. The smallest absolute Gasteiger partial charge is 0.370 e. The molecule has 4 rings (SSSR count). The van der Waals surface area contributed by atoms with Gasteiger partial charge in [0.15, 0.2) is 0 Å². The van der Waals surface area contributed by atoms with E-state index in [2.05, 4.69) is 19.6 Å². The Morgan fingerprint density at radius 2 is 1.95 bits per heavy atom. The quantitative estimate of drug-likeness (QED) is 0.346. The maximum atomic E-state index is 15.3. The molecule has 1 aliphatic heterocycles. The number of piperidine rings is 1. The van der Waals surface area contributed by atoms with E-state index in [1.54, 1.807) is 6.07 Å². The van der Waals surface area contributed by atoms with E-state index in [4.69, 9.17) is 11.6 Å². The number of rotatable bonds is 8. The zero-order valence-electron chi connectivity index (χ0n) is 21.3. The standard InChI is InChI=1S/C26H28ClF4N5O2S/c1-35(2)25(10-7-18-5-3-6-19(13-18)26(29,30)31)9-4-12-36(16-25)20-14-21(27)24(22(28)15-20)39(37,38)34-23-8-11-32-17-33-23/h3,5-6,8,11,13-15,17H,4,7,9-10,12,16H2,1-2H3,(H,32,33,34)/t25-/m0/s1. The van der Waals surface area contributed by atoms with Crippen molar-refractivity contribution in [3.05, 3.63) is 77.0 Å². The van der Waals surface area contributed by atoms with Gasteiger partial charge in [0.25, 0.3) is 10.0 Å². The maximum absolute atomic E-state index is 15.3. The molecule has 0 radical (unpaired) electrons. The molecule has 1 N–H and O–H groups in total. The number of benzene rings is 2. The monoisotopic (exact) mass is 585 g/mol. The number of aromatic nitrogens is 2. The van der Waals surface area contributed by atoms with Crippen molar-refractivity contribution < 1.29 is 26.0 Å². The molecule has 39 heavy (non-hydrogen) atoms. The molecule has 1 atom stereocenters. The van der Waals surface area contributed by atoms with E-state index < -0.39 is 38.0 Å². The largest absolute Gasteiger partial charge is 0.416 e. The summed E-state index contributed by atoms with van der Waals surface area (Å²) in [5, 5.41) is -0.281. The summed E-state index contributed by atoms with van der Waals surface area (Å²) in [5.74, 6) is -1.04. The van der Waals surface area contributed by atoms with Crippen LogP contribution in [0.2, 0.25) is 5.02 Å². The topological polar surface area (TPSA) is 78.4 Å². The van der Waals surface area contributed by atoms with E-state index in [9.17, 15) is 21.6 Å². The first kappa shape index (κ1) is 29.0. The normalized spacial score (nSPS) is 18.4. The summed E-state index contributed by atoms with van der Waals surface area (Å²) < 4.78 is 82.7. The van der Waals surface area contributed by atoms with Gasteiger partial charge in [0.2, 0.25) is 0 Å². The second-order valence-electron chi connectivity index (χ2n) is 9.78. The van der Waals surface area contributed by atoms with Crippen molar-refractivity contribution in [1.29, 1.82) is 0 Å². The van der Waals surface area contributed by atoms with Gasteiger partial charge in [-0.15, -0.1) is 0 Å². The van der Waals surface area contributed by atoms with Crippen molar-refractivity contribution in [3.63, 3.8) is 0 Å². The molecule has 3 aromatic rings. The molecule has 0 spiro atoms. The Balaban J connectivity index is 1.56. The number of alkyl halides is 3. The molecule has 7 nitrogen and oxygen atoms in total. The van der Waals surface area contributed by atoms with Gasteiger partial charge in [0.1, 0.15) is 22.9 Å². The Labute approximate surface area is 229 Å². The SMILES string of the molecule is CN(C)[C@]1(CCc2cccc(C(F)(F)F)c2)CCCN(c2cc(F)c(S(=O)(=O)Nc3ccncn3)c(Cl)c2)C1. The predicted molar refractivity (Wildman–Crippen MR) is 142 cm³/mol. The third-order valence-corrected chi connectivity index (χ3v) is 8.92. The molecule has 0 aliphatic carbocycles. The number of nitrogens with one attached hydrogen (secondary N) is 1. The van der Waals surface area contributed by atoms with E-state index in [1.807, 2.05) is 19.0 Å². The number of halogens is 5. The summed E-state index contributed by atoms with van der Waals surface area (Å²) in [6.07, 6.45) is 0.617. The lowest BCUT2D eigenvalue weighted by Crippen LogP contribution is -2.56. The van der Waals surface area contributed by atoms with Gasteiger partial charge in [-0.25, -0.2) is 22.8 Å². The highest BCUT2D eigenvalue weighted by molar-refractivity contribution is 7.92. The minimum atomic E-state index is -4.41. The van der Waals surface area contributed by atoms with Gasteiger partial charge >= 0.3 is 6.18 Å². The first-order chi connectivity index (χ1) is 18.3. The number of likely N-dealkylation sites (N-methyl/N-ethyl adjacent to an activating group) is 1. The summed E-state index contributed by atoms with van der Waals surface area (Å²) in [7, 11) is -0.537. The van der Waals surface area contributed by atoms with Crippen LogP contribution in [0.4, 0.5) is 29.1 Å². The van der Waals surface area contributed by atoms with Crippen LogP contribution in [0.25, 0.3) is 0 Å². The van der Waals surface area contributed by atoms with E-state index in [-0.39, 0.29) is 10.8 Å². The zero-order valence-corrected chi connectivity index (χ0v) is 22.9. The summed E-state index contributed by atoms with van der Waals surface area (Å²) >= 11 is 6.31. The third kappa shape index (κ3) is 6.62. The van der Waals surface area contributed by atoms with Crippen LogP contribution in [0.1, 0.15) is 30.4 Å². The second kappa shape index (κ2) is 11.3. The highest BCUT2D eigenvalue weighted by Gasteiger charge is 2.38. The number of nitrogens with zero attached hydrogens (tertiary/aromatic N) is 4. The van der Waals surface area contributed by atoms with Crippen molar-refractivity contribution in [1.82, 2.24) is 14.9 Å². The fourth-order valence-corrected chi connectivity index (χ4v) is 6.57. The Morgan fingerprint density at radius 1 is 1.18 bits per heavy atom. The van der Waals surface area contributed by atoms with E-state index >= 15 is 4.39 Å². The van der Waals surface area contributed by atoms with E-state index in [1.165, 1.54) is 30.5 Å². The fraction of sp³-hybridized carbons (Fsp3) is 0.385. The molecule has 0 bridgehead atoms. The molecular formula is C26H28ClF4N5O2S. The summed E-state index contributed by atoms with van der Waals surface area (Å²) in [6, 6.07) is 9.20. The molecule has 13 heteroatoms. The minimum absolute atomic E-state index is 0.0305. The maximum Gasteiger partial charge on any atom is 0.416 e. The number of hydrogen-bond acceptors (Lipinski definition) is 6. The van der Waals surface area contributed by atoms with Crippen molar-refractivity contribution >= 4 is 33.1 Å². The number of sulfonamides is 1. The van der Waals surface area contributed by atoms with Crippen molar-refractivity contribution in [3.8, 4) is 0 Å². The molecule has 1 aromatic heterocycles. The Bertz CT molecular complexity index is 1400. The van der Waals surface area contributed by atoms with Crippen LogP contribution in [-0.2, 0) is 22.6 Å². The molecule has 1 fully saturated rings. The molecule has 210 valence electrons. The lowest BCUT2D eigenvalue weighted by Gasteiger charge is -2.48. The lowest BCUT2D eigenvalue weighted by molar-refractivity contribution is -0.137. The molecule has 1 aliphatic rings. The Morgan fingerprint density at radius 3 is 2.59 bits per heavy atom. The third-order valence-electron chi connectivity index (χ3n) is 7.08. The number of aryl methyl sites for hydroxylation is 1. The van der Waals surface area contributed by atoms with Crippen LogP contribution >= 0.6 is 11.6 Å². The lowest BCUT2D eigenvalue weighted by atomic mass is 9.82. The van der Waals surface area contributed by atoms with E-state index in [0.717, 1.165) is 31.3 Å². The average molecular weight is 586 g/mol. The van der Waals surface area contributed by atoms with Crippen molar-refractivity contribution in [2.75, 3.05) is 36.8 Å². The van der Waals surface area contributed by atoms with Gasteiger partial charge in [-0.1, -0.05) is 29.8 Å². The highest BCUT2D eigenvalue weighted by atomic mass is 35.5. The van der Waals surface area contributed by atoms with Crippen LogP contribution in [0, 0.1) is 5.82 Å². The first-order valence-electron chi connectivity index (χ1n) is 12.2. The van der Waals surface area contributed by atoms with Crippen LogP contribution in [0.15, 0.2) is 59.9 Å². The van der Waals surface area contributed by atoms with Gasteiger partial charge in [-0.2, -0.15) is 13.2 Å². The predicted octanol–water partition coefficient (Wildman–Crippen LogP) is 5.62. The zero-order chi connectivity index (χ0) is 28.4. The van der Waals surface area contributed by atoms with Gasteiger partial charge in [-0.3, -0.25) is 4.72 Å². The van der Waals surface area contributed by atoms with E-state index in [0.29, 0.717) is 37.2 Å². The van der Waals surface area contributed by atoms with Gasteiger partial charge in [0.05, 0.1) is 10.6 Å². The number of anilines is 2. The number of hydrogen-bond donors (Lipinski definition) is 1.